The normalized spacial score (nSPS) is 10.3. The summed E-state index contributed by atoms with van der Waals surface area (Å²) in [6.45, 7) is 0. The Hall–Kier alpha value is -1.88. The van der Waals surface area contributed by atoms with Gasteiger partial charge in [0.1, 0.15) is 5.82 Å². The maximum absolute atomic E-state index is 12.2. The summed E-state index contributed by atoms with van der Waals surface area (Å²) in [7, 11) is 1.72. The highest BCUT2D eigenvalue weighted by Gasteiger charge is 2.12. The fourth-order valence-electron chi connectivity index (χ4n) is 1.83. The van der Waals surface area contributed by atoms with Crippen molar-refractivity contribution in [3.8, 4) is 0 Å². The number of nitrogens with two attached hydrogens (primary N) is 1. The molecule has 1 amide bonds. The summed E-state index contributed by atoms with van der Waals surface area (Å²) in [6.07, 6.45) is 2.68. The average molecular weight is 334 g/mol. The van der Waals surface area contributed by atoms with Gasteiger partial charge in [0.15, 0.2) is 0 Å². The predicted molar refractivity (Wildman–Crippen MR) is 84.5 cm³/mol. The van der Waals surface area contributed by atoms with Crippen molar-refractivity contribution in [1.82, 2.24) is 4.98 Å². The van der Waals surface area contributed by atoms with Crippen molar-refractivity contribution in [2.24, 2.45) is 0 Å². The van der Waals surface area contributed by atoms with E-state index in [1.165, 1.54) is 0 Å². The topological polar surface area (TPSA) is 59.2 Å². The molecule has 1 heterocycles. The van der Waals surface area contributed by atoms with Gasteiger partial charge >= 0.3 is 0 Å². The molecule has 2 rings (SSSR count). The zero-order valence-corrected chi connectivity index (χ0v) is 12.8. The number of rotatable bonds is 4. The number of aryl methyl sites for hydroxylation is 1. The van der Waals surface area contributed by atoms with Gasteiger partial charge < -0.3 is 5.73 Å². The molecule has 20 heavy (non-hydrogen) atoms. The van der Waals surface area contributed by atoms with Crippen molar-refractivity contribution in [1.29, 1.82) is 0 Å². The molecule has 0 fully saturated rings. The van der Waals surface area contributed by atoms with Crippen molar-refractivity contribution in [2.45, 2.75) is 12.8 Å². The Labute approximate surface area is 126 Å². The highest BCUT2D eigenvalue weighted by Crippen LogP contribution is 2.18. The molecule has 0 aliphatic heterocycles. The van der Waals surface area contributed by atoms with Crippen molar-refractivity contribution in [3.63, 3.8) is 0 Å². The van der Waals surface area contributed by atoms with Gasteiger partial charge in [-0.25, -0.2) is 4.98 Å². The van der Waals surface area contributed by atoms with E-state index in [9.17, 15) is 4.79 Å². The number of carbonyl (C=O) groups is 1. The zero-order chi connectivity index (χ0) is 14.5. The van der Waals surface area contributed by atoms with Gasteiger partial charge in [0.05, 0.1) is 11.9 Å². The molecule has 1 aromatic carbocycles. The van der Waals surface area contributed by atoms with Crippen LogP contribution in [0.15, 0.2) is 47.1 Å². The number of benzene rings is 1. The Morgan fingerprint density at radius 3 is 2.70 bits per heavy atom. The van der Waals surface area contributed by atoms with Gasteiger partial charge in [0, 0.05) is 17.9 Å². The van der Waals surface area contributed by atoms with Gasteiger partial charge in [-0.3, -0.25) is 9.69 Å². The molecule has 0 aliphatic rings. The van der Waals surface area contributed by atoms with E-state index in [0.717, 1.165) is 10.0 Å². The van der Waals surface area contributed by atoms with Crippen LogP contribution in [0.2, 0.25) is 0 Å². The van der Waals surface area contributed by atoms with Crippen LogP contribution in [-0.2, 0) is 11.2 Å². The number of anilines is 2. The van der Waals surface area contributed by atoms with Gasteiger partial charge in [-0.1, -0.05) is 34.1 Å². The molecule has 0 aliphatic carbocycles. The average Bonchev–Trinajstić information content (AvgIpc) is 2.46. The lowest BCUT2D eigenvalue weighted by Gasteiger charge is -2.16. The molecule has 0 bridgehead atoms. The second-order valence-electron chi connectivity index (χ2n) is 4.49. The molecule has 1 aromatic heterocycles. The van der Waals surface area contributed by atoms with Gasteiger partial charge in [-0.2, -0.15) is 0 Å². The minimum atomic E-state index is 0.0259. The Morgan fingerprint density at radius 1 is 1.30 bits per heavy atom. The number of nitrogen functional groups attached to an aromatic ring is 1. The van der Waals surface area contributed by atoms with Crippen LogP contribution >= 0.6 is 15.9 Å². The summed E-state index contributed by atoms with van der Waals surface area (Å²) in [5, 5.41) is 0. The second kappa shape index (κ2) is 6.52. The number of hydrogen-bond acceptors (Lipinski definition) is 3. The van der Waals surface area contributed by atoms with E-state index in [2.05, 4.69) is 20.9 Å². The minimum Gasteiger partial charge on any atom is -0.397 e. The lowest BCUT2D eigenvalue weighted by Crippen LogP contribution is -2.27. The third-order valence-electron chi connectivity index (χ3n) is 3.05. The van der Waals surface area contributed by atoms with Gasteiger partial charge in [-0.15, -0.1) is 0 Å². The van der Waals surface area contributed by atoms with E-state index in [1.54, 1.807) is 30.3 Å². The Morgan fingerprint density at radius 2 is 2.05 bits per heavy atom. The summed E-state index contributed by atoms with van der Waals surface area (Å²) in [4.78, 5) is 17.8. The molecule has 0 atom stereocenters. The maximum Gasteiger partial charge on any atom is 0.228 e. The number of nitrogens with zero attached hydrogens (tertiary/aromatic N) is 2. The van der Waals surface area contributed by atoms with Crippen LogP contribution in [0.4, 0.5) is 11.5 Å². The lowest BCUT2D eigenvalue weighted by atomic mass is 10.1. The van der Waals surface area contributed by atoms with Crippen molar-refractivity contribution < 1.29 is 4.79 Å². The fourth-order valence-corrected chi connectivity index (χ4v) is 2.32. The molecular weight excluding hydrogens is 318 g/mol. The van der Waals surface area contributed by atoms with Crippen LogP contribution in [0, 0.1) is 0 Å². The first-order valence-electron chi connectivity index (χ1n) is 6.29. The molecule has 2 aromatic rings. The fraction of sp³-hybridized carbons (Fsp3) is 0.200. The quantitative estimate of drug-likeness (QED) is 0.935. The second-order valence-corrected chi connectivity index (χ2v) is 5.35. The first-order chi connectivity index (χ1) is 9.58. The molecule has 104 valence electrons. The molecule has 0 radical (unpaired) electrons. The SMILES string of the molecule is CN(C(=O)CCc1ccccc1Br)c1ccc(N)cn1. The predicted octanol–water partition coefficient (Wildman–Crippen LogP) is 3.02. The first-order valence-corrected chi connectivity index (χ1v) is 7.08. The highest BCUT2D eigenvalue weighted by molar-refractivity contribution is 9.10. The molecule has 5 heteroatoms. The van der Waals surface area contributed by atoms with Crippen LogP contribution in [0.25, 0.3) is 0 Å². The van der Waals surface area contributed by atoms with Gasteiger partial charge in [0.25, 0.3) is 0 Å². The summed E-state index contributed by atoms with van der Waals surface area (Å²) < 4.78 is 1.03. The monoisotopic (exact) mass is 333 g/mol. The summed E-state index contributed by atoms with van der Waals surface area (Å²) >= 11 is 3.49. The molecule has 4 nitrogen and oxygen atoms in total. The van der Waals surface area contributed by atoms with Crippen LogP contribution < -0.4 is 10.6 Å². The number of carbonyl (C=O) groups excluding carboxylic acids is 1. The summed E-state index contributed by atoms with van der Waals surface area (Å²) in [5.41, 5.74) is 7.29. The Kier molecular flexibility index (Phi) is 4.74. The summed E-state index contributed by atoms with van der Waals surface area (Å²) in [6, 6.07) is 11.4. The third kappa shape index (κ3) is 3.57. The van der Waals surface area contributed by atoms with E-state index in [-0.39, 0.29) is 5.91 Å². The van der Waals surface area contributed by atoms with Crippen LogP contribution in [0.3, 0.4) is 0 Å². The molecular formula is C15H16BrN3O. The Balaban J connectivity index is 1.98. The van der Waals surface area contributed by atoms with Crippen LogP contribution in [0.1, 0.15) is 12.0 Å². The lowest BCUT2D eigenvalue weighted by molar-refractivity contribution is -0.118. The van der Waals surface area contributed by atoms with Crippen molar-refractivity contribution >= 4 is 33.3 Å². The standard InChI is InChI=1S/C15H16BrN3O/c1-19(14-8-7-12(17)10-18-14)15(20)9-6-11-4-2-3-5-13(11)16/h2-5,7-8,10H,6,9,17H2,1H3. The highest BCUT2D eigenvalue weighted by atomic mass is 79.9. The largest absolute Gasteiger partial charge is 0.397 e. The Bertz CT molecular complexity index is 598. The minimum absolute atomic E-state index is 0.0259. The van der Waals surface area contributed by atoms with Crippen molar-refractivity contribution in [2.75, 3.05) is 17.7 Å². The number of halogens is 1. The summed E-state index contributed by atoms with van der Waals surface area (Å²) in [5.74, 6) is 0.634. The van der Waals surface area contributed by atoms with E-state index in [4.69, 9.17) is 5.73 Å². The van der Waals surface area contributed by atoms with E-state index in [0.29, 0.717) is 24.3 Å². The smallest absolute Gasteiger partial charge is 0.228 e. The van der Waals surface area contributed by atoms with E-state index >= 15 is 0 Å². The molecule has 2 N–H and O–H groups in total. The van der Waals surface area contributed by atoms with Crippen LogP contribution in [-0.4, -0.2) is 17.9 Å². The first kappa shape index (κ1) is 14.5. The van der Waals surface area contributed by atoms with E-state index in [1.807, 2.05) is 24.3 Å². The van der Waals surface area contributed by atoms with Gasteiger partial charge in [0.2, 0.25) is 5.91 Å². The van der Waals surface area contributed by atoms with Crippen molar-refractivity contribution in [3.05, 3.63) is 52.6 Å². The molecule has 0 saturated carbocycles. The molecule has 0 spiro atoms. The molecule has 0 saturated heterocycles. The zero-order valence-electron chi connectivity index (χ0n) is 11.2. The maximum atomic E-state index is 12.2. The number of pyridine rings is 1. The third-order valence-corrected chi connectivity index (χ3v) is 3.83. The number of aromatic nitrogens is 1. The van der Waals surface area contributed by atoms with Gasteiger partial charge in [-0.05, 0) is 30.2 Å². The van der Waals surface area contributed by atoms with E-state index < -0.39 is 0 Å². The number of hydrogen-bond donors (Lipinski definition) is 1. The van der Waals surface area contributed by atoms with Crippen LogP contribution in [0.5, 0.6) is 0 Å². The molecule has 0 unspecified atom stereocenters. The number of amides is 1.